The summed E-state index contributed by atoms with van der Waals surface area (Å²) in [6.07, 6.45) is 4.32. The Labute approximate surface area is 132 Å². The molecule has 0 aliphatic carbocycles. The first kappa shape index (κ1) is 15.7. The number of primary amides is 1. The van der Waals surface area contributed by atoms with Crippen LogP contribution in [-0.4, -0.2) is 29.2 Å². The van der Waals surface area contributed by atoms with Gasteiger partial charge in [-0.05, 0) is 41.4 Å². The van der Waals surface area contributed by atoms with Crippen LogP contribution in [0.3, 0.4) is 0 Å². The Morgan fingerprint density at radius 1 is 1.43 bits per heavy atom. The fraction of sp³-hybridized carbons (Fsp3) is 0.333. The maximum absolute atomic E-state index is 11.7. The van der Waals surface area contributed by atoms with Crippen LogP contribution in [-0.2, 0) is 11.3 Å². The largest absolute Gasteiger partial charge is 0.385 e. The highest BCUT2D eigenvalue weighted by molar-refractivity contribution is 9.10. The number of nitrogens with zero attached hydrogens (tertiary/aromatic N) is 2. The first-order chi connectivity index (χ1) is 10.1. The number of pyridine rings is 1. The molecule has 112 valence electrons. The summed E-state index contributed by atoms with van der Waals surface area (Å²) in [6.45, 7) is 3.32. The second kappa shape index (κ2) is 6.87. The van der Waals surface area contributed by atoms with Gasteiger partial charge in [-0.3, -0.25) is 9.78 Å². The number of rotatable bonds is 6. The van der Waals surface area contributed by atoms with Gasteiger partial charge in [-0.15, -0.1) is 0 Å². The topological polar surface area (TPSA) is 70.1 Å². The van der Waals surface area contributed by atoms with Gasteiger partial charge in [0, 0.05) is 43.9 Å². The van der Waals surface area contributed by atoms with Gasteiger partial charge in [-0.1, -0.05) is 0 Å². The van der Waals surface area contributed by atoms with Crippen molar-refractivity contribution in [1.82, 2.24) is 9.55 Å². The minimum absolute atomic E-state index is 0.430. The molecule has 0 saturated heterocycles. The van der Waals surface area contributed by atoms with Gasteiger partial charge in [-0.25, -0.2) is 0 Å². The van der Waals surface area contributed by atoms with Crippen LogP contribution in [0.25, 0.3) is 11.3 Å². The number of halogens is 1. The highest BCUT2D eigenvalue weighted by atomic mass is 79.9. The van der Waals surface area contributed by atoms with E-state index in [0.717, 1.165) is 34.4 Å². The molecule has 0 radical (unpaired) electrons. The number of hydrogen-bond donors (Lipinski definition) is 1. The Morgan fingerprint density at radius 2 is 2.10 bits per heavy atom. The summed E-state index contributed by atoms with van der Waals surface area (Å²) >= 11 is 3.53. The number of aromatic nitrogens is 2. The van der Waals surface area contributed by atoms with Crippen molar-refractivity contribution in [2.75, 3.05) is 13.7 Å². The highest BCUT2D eigenvalue weighted by Crippen LogP contribution is 2.35. The fourth-order valence-corrected chi connectivity index (χ4v) is 3.35. The van der Waals surface area contributed by atoms with Crippen LogP contribution in [0.5, 0.6) is 0 Å². The summed E-state index contributed by atoms with van der Waals surface area (Å²) in [5.41, 5.74) is 8.83. The van der Waals surface area contributed by atoms with Crippen LogP contribution >= 0.6 is 15.9 Å². The van der Waals surface area contributed by atoms with Crippen molar-refractivity contribution in [1.29, 1.82) is 0 Å². The monoisotopic (exact) mass is 351 g/mol. The van der Waals surface area contributed by atoms with Gasteiger partial charge < -0.3 is 15.0 Å². The first-order valence-electron chi connectivity index (χ1n) is 6.65. The molecule has 0 unspecified atom stereocenters. The molecule has 0 bridgehead atoms. The summed E-state index contributed by atoms with van der Waals surface area (Å²) in [5, 5.41) is 0. The molecule has 1 amide bonds. The van der Waals surface area contributed by atoms with Gasteiger partial charge in [-0.2, -0.15) is 0 Å². The molecule has 6 heteroatoms. The van der Waals surface area contributed by atoms with Crippen LogP contribution in [0.15, 0.2) is 29.0 Å². The molecular formula is C15H18BrN3O2. The fourth-order valence-electron chi connectivity index (χ4n) is 2.42. The predicted octanol–water partition coefficient (Wildman–Crippen LogP) is 2.76. The van der Waals surface area contributed by atoms with E-state index in [2.05, 4.69) is 25.5 Å². The Balaban J connectivity index is 2.55. The van der Waals surface area contributed by atoms with Crippen molar-refractivity contribution < 1.29 is 9.53 Å². The molecule has 2 rings (SSSR count). The standard InChI is InChI=1S/C15H18BrN3O2/c1-10-12(15(17)20)13(16)14(11-4-6-18-7-5-11)19(10)8-3-9-21-2/h4-7H,3,8-9H2,1-2H3,(H2,17,20). The Bertz CT molecular complexity index is 638. The predicted molar refractivity (Wildman–Crippen MR) is 85.1 cm³/mol. The Hall–Kier alpha value is -1.66. The van der Waals surface area contributed by atoms with E-state index >= 15 is 0 Å². The SMILES string of the molecule is COCCCn1c(C)c(C(N)=O)c(Br)c1-c1ccncc1. The van der Waals surface area contributed by atoms with Crippen molar-refractivity contribution in [3.05, 3.63) is 40.3 Å². The van der Waals surface area contributed by atoms with Crippen molar-refractivity contribution >= 4 is 21.8 Å². The second-order valence-electron chi connectivity index (χ2n) is 4.72. The lowest BCUT2D eigenvalue weighted by Gasteiger charge is -2.12. The maximum Gasteiger partial charge on any atom is 0.251 e. The quantitative estimate of drug-likeness (QED) is 0.813. The summed E-state index contributed by atoms with van der Waals surface area (Å²) in [6, 6.07) is 3.83. The van der Waals surface area contributed by atoms with E-state index in [-0.39, 0.29) is 0 Å². The first-order valence-corrected chi connectivity index (χ1v) is 7.45. The van der Waals surface area contributed by atoms with Gasteiger partial charge in [0.25, 0.3) is 5.91 Å². The average Bonchev–Trinajstić information content (AvgIpc) is 2.71. The molecule has 0 aliphatic heterocycles. The minimum Gasteiger partial charge on any atom is -0.385 e. The van der Waals surface area contributed by atoms with Crippen molar-refractivity contribution in [2.24, 2.45) is 5.73 Å². The smallest absolute Gasteiger partial charge is 0.251 e. The zero-order valence-electron chi connectivity index (χ0n) is 12.1. The van der Waals surface area contributed by atoms with Crippen LogP contribution in [0.1, 0.15) is 22.5 Å². The molecule has 0 spiro atoms. The molecule has 0 saturated carbocycles. The van der Waals surface area contributed by atoms with E-state index in [0.29, 0.717) is 12.2 Å². The van der Waals surface area contributed by atoms with E-state index in [1.165, 1.54) is 0 Å². The van der Waals surface area contributed by atoms with Gasteiger partial charge in [0.1, 0.15) is 0 Å². The molecule has 2 aromatic heterocycles. The average molecular weight is 352 g/mol. The number of carbonyl (C=O) groups is 1. The van der Waals surface area contributed by atoms with Gasteiger partial charge in [0.2, 0.25) is 0 Å². The molecule has 2 N–H and O–H groups in total. The van der Waals surface area contributed by atoms with Crippen LogP contribution in [0, 0.1) is 6.92 Å². The molecule has 2 heterocycles. The van der Waals surface area contributed by atoms with E-state index in [1.54, 1.807) is 19.5 Å². The summed E-state index contributed by atoms with van der Waals surface area (Å²) in [7, 11) is 1.68. The molecule has 0 atom stereocenters. The second-order valence-corrected chi connectivity index (χ2v) is 5.51. The van der Waals surface area contributed by atoms with Gasteiger partial charge in [0.15, 0.2) is 0 Å². The zero-order valence-corrected chi connectivity index (χ0v) is 13.7. The molecule has 2 aromatic rings. The van der Waals surface area contributed by atoms with E-state index in [4.69, 9.17) is 10.5 Å². The number of methoxy groups -OCH3 is 1. The third-order valence-corrected chi connectivity index (χ3v) is 4.17. The Morgan fingerprint density at radius 3 is 2.67 bits per heavy atom. The van der Waals surface area contributed by atoms with Crippen LogP contribution in [0.4, 0.5) is 0 Å². The molecule has 0 aliphatic rings. The van der Waals surface area contributed by atoms with E-state index < -0.39 is 5.91 Å². The maximum atomic E-state index is 11.7. The van der Waals surface area contributed by atoms with Gasteiger partial charge in [0.05, 0.1) is 15.7 Å². The number of nitrogens with two attached hydrogens (primary N) is 1. The Kier molecular flexibility index (Phi) is 5.14. The lowest BCUT2D eigenvalue weighted by atomic mass is 10.1. The number of hydrogen-bond acceptors (Lipinski definition) is 3. The highest BCUT2D eigenvalue weighted by Gasteiger charge is 2.22. The number of ether oxygens (including phenoxy) is 1. The van der Waals surface area contributed by atoms with Crippen LogP contribution < -0.4 is 5.73 Å². The van der Waals surface area contributed by atoms with E-state index in [1.807, 2.05) is 19.1 Å². The minimum atomic E-state index is -0.430. The molecule has 0 fully saturated rings. The number of amides is 1. The summed E-state index contributed by atoms with van der Waals surface area (Å²) in [4.78, 5) is 15.7. The number of carbonyl (C=O) groups excluding carboxylic acids is 1. The van der Waals surface area contributed by atoms with Crippen molar-refractivity contribution in [3.63, 3.8) is 0 Å². The molecule has 5 nitrogen and oxygen atoms in total. The molecule has 21 heavy (non-hydrogen) atoms. The summed E-state index contributed by atoms with van der Waals surface area (Å²) in [5.74, 6) is -0.430. The third kappa shape index (κ3) is 3.16. The van der Waals surface area contributed by atoms with Gasteiger partial charge >= 0.3 is 0 Å². The summed E-state index contributed by atoms with van der Waals surface area (Å²) < 4.78 is 7.94. The van der Waals surface area contributed by atoms with Crippen LogP contribution in [0.2, 0.25) is 0 Å². The lowest BCUT2D eigenvalue weighted by molar-refractivity contribution is 0.0999. The molecular weight excluding hydrogens is 334 g/mol. The van der Waals surface area contributed by atoms with Crippen molar-refractivity contribution in [2.45, 2.75) is 19.9 Å². The zero-order chi connectivity index (χ0) is 15.4. The van der Waals surface area contributed by atoms with Crippen molar-refractivity contribution in [3.8, 4) is 11.3 Å². The lowest BCUT2D eigenvalue weighted by Crippen LogP contribution is -2.13. The normalized spacial score (nSPS) is 10.8. The third-order valence-electron chi connectivity index (χ3n) is 3.39. The molecule has 0 aromatic carbocycles. The van der Waals surface area contributed by atoms with E-state index in [9.17, 15) is 4.79 Å².